The summed E-state index contributed by atoms with van der Waals surface area (Å²) >= 11 is 0. The molecule has 0 aliphatic heterocycles. The molecular weight excluding hydrogens is 344 g/mol. The van der Waals surface area contributed by atoms with Crippen LogP contribution < -0.4 is 15.4 Å². The smallest absolute Gasteiger partial charge is 0.259 e. The lowest BCUT2D eigenvalue weighted by atomic mass is 10.2. The van der Waals surface area contributed by atoms with Crippen LogP contribution in [0.25, 0.3) is 0 Å². The van der Waals surface area contributed by atoms with Gasteiger partial charge >= 0.3 is 0 Å². The molecule has 152 valence electrons. The molecule has 0 saturated heterocycles. The van der Waals surface area contributed by atoms with E-state index in [1.54, 1.807) is 21.1 Å². The minimum atomic E-state index is -0.0678. The van der Waals surface area contributed by atoms with E-state index in [0.717, 1.165) is 50.5 Å². The summed E-state index contributed by atoms with van der Waals surface area (Å²) in [5.41, 5.74) is 1.05. The first-order valence-corrected chi connectivity index (χ1v) is 9.51. The molecule has 1 rings (SSSR count). The molecule has 0 heterocycles. The molecule has 7 heteroatoms. The molecular formula is C20H34N4O3. The number of carbonyl (C=O) groups excluding carboxylic acids is 1. The summed E-state index contributed by atoms with van der Waals surface area (Å²) in [4.78, 5) is 17.3. The molecule has 0 unspecified atom stereocenters. The fourth-order valence-corrected chi connectivity index (χ4v) is 2.16. The van der Waals surface area contributed by atoms with Crippen LogP contribution in [-0.4, -0.2) is 64.3 Å². The minimum Gasteiger partial charge on any atom is -0.484 e. The van der Waals surface area contributed by atoms with Crippen LogP contribution in [0.15, 0.2) is 29.3 Å². The van der Waals surface area contributed by atoms with Gasteiger partial charge in [0.1, 0.15) is 5.75 Å². The van der Waals surface area contributed by atoms with Gasteiger partial charge in [0.2, 0.25) is 0 Å². The van der Waals surface area contributed by atoms with Crippen molar-refractivity contribution in [1.82, 2.24) is 15.5 Å². The first-order chi connectivity index (χ1) is 13.1. The molecule has 0 aromatic heterocycles. The van der Waals surface area contributed by atoms with Crippen molar-refractivity contribution >= 4 is 11.9 Å². The molecule has 1 amide bonds. The Balaban J connectivity index is 2.31. The highest BCUT2D eigenvalue weighted by Gasteiger charge is 2.05. The van der Waals surface area contributed by atoms with Crippen molar-refractivity contribution in [2.45, 2.75) is 32.7 Å². The molecule has 0 spiro atoms. The largest absolute Gasteiger partial charge is 0.484 e. The molecule has 2 N–H and O–H groups in total. The van der Waals surface area contributed by atoms with Gasteiger partial charge in [-0.3, -0.25) is 9.79 Å². The van der Waals surface area contributed by atoms with E-state index in [-0.39, 0.29) is 12.5 Å². The van der Waals surface area contributed by atoms with E-state index in [1.165, 1.54) is 4.90 Å². The van der Waals surface area contributed by atoms with Crippen LogP contribution in [0, 0.1) is 0 Å². The quantitative estimate of drug-likeness (QED) is 0.331. The van der Waals surface area contributed by atoms with E-state index in [0.29, 0.717) is 12.3 Å². The summed E-state index contributed by atoms with van der Waals surface area (Å²) in [7, 11) is 5.17. The van der Waals surface area contributed by atoms with Crippen LogP contribution >= 0.6 is 0 Å². The van der Waals surface area contributed by atoms with Crippen LogP contribution in [0.3, 0.4) is 0 Å². The van der Waals surface area contributed by atoms with Crippen molar-refractivity contribution in [3.63, 3.8) is 0 Å². The number of likely N-dealkylation sites (N-methyl/N-ethyl adjacent to an activating group) is 1. The normalized spacial score (nSPS) is 11.2. The van der Waals surface area contributed by atoms with Crippen molar-refractivity contribution in [2.75, 3.05) is 47.5 Å². The predicted octanol–water partition coefficient (Wildman–Crippen LogP) is 2.03. The summed E-state index contributed by atoms with van der Waals surface area (Å²) in [6, 6.07) is 7.68. The second-order valence-corrected chi connectivity index (χ2v) is 6.40. The Morgan fingerprint density at radius 3 is 2.67 bits per heavy atom. The van der Waals surface area contributed by atoms with E-state index < -0.39 is 0 Å². The van der Waals surface area contributed by atoms with Crippen LogP contribution in [-0.2, 0) is 16.1 Å². The van der Waals surface area contributed by atoms with Crippen LogP contribution in [0.5, 0.6) is 5.75 Å². The molecule has 1 aromatic carbocycles. The van der Waals surface area contributed by atoms with Crippen LogP contribution in [0.1, 0.15) is 31.7 Å². The molecule has 0 bridgehead atoms. The average Bonchev–Trinajstić information content (AvgIpc) is 2.67. The van der Waals surface area contributed by atoms with Gasteiger partial charge in [-0.25, -0.2) is 0 Å². The zero-order valence-electron chi connectivity index (χ0n) is 17.1. The third kappa shape index (κ3) is 10.5. The lowest BCUT2D eigenvalue weighted by molar-refractivity contribution is -0.130. The number of hydrogen-bond acceptors (Lipinski definition) is 4. The Labute approximate surface area is 163 Å². The minimum absolute atomic E-state index is 0.0352. The molecule has 0 aliphatic rings. The second kappa shape index (κ2) is 13.9. The summed E-state index contributed by atoms with van der Waals surface area (Å²) in [5.74, 6) is 1.36. The summed E-state index contributed by atoms with van der Waals surface area (Å²) in [6.45, 7) is 5.21. The van der Waals surface area contributed by atoms with Crippen LogP contribution in [0.4, 0.5) is 0 Å². The Morgan fingerprint density at radius 1 is 1.19 bits per heavy atom. The zero-order valence-corrected chi connectivity index (χ0v) is 17.1. The van der Waals surface area contributed by atoms with Crippen molar-refractivity contribution in [2.24, 2.45) is 4.99 Å². The van der Waals surface area contributed by atoms with E-state index >= 15 is 0 Å². The average molecular weight is 379 g/mol. The number of unbranched alkanes of at least 4 members (excludes halogenated alkanes) is 1. The predicted molar refractivity (Wildman–Crippen MR) is 109 cm³/mol. The topological polar surface area (TPSA) is 75.2 Å². The van der Waals surface area contributed by atoms with Crippen molar-refractivity contribution in [3.8, 4) is 5.75 Å². The highest BCUT2D eigenvalue weighted by atomic mass is 16.5. The van der Waals surface area contributed by atoms with Gasteiger partial charge in [-0.05, 0) is 30.5 Å². The summed E-state index contributed by atoms with van der Waals surface area (Å²) < 4.78 is 11.1. The Kier molecular flexibility index (Phi) is 11.7. The third-order valence-electron chi connectivity index (χ3n) is 3.84. The van der Waals surface area contributed by atoms with Gasteiger partial charge in [0.25, 0.3) is 5.91 Å². The van der Waals surface area contributed by atoms with Gasteiger partial charge < -0.3 is 25.0 Å². The van der Waals surface area contributed by atoms with Gasteiger partial charge in [-0.2, -0.15) is 0 Å². The molecule has 0 aliphatic carbocycles. The molecule has 0 atom stereocenters. The van der Waals surface area contributed by atoms with E-state index in [1.807, 2.05) is 24.3 Å². The van der Waals surface area contributed by atoms with Crippen LogP contribution in [0.2, 0.25) is 0 Å². The van der Waals surface area contributed by atoms with E-state index in [4.69, 9.17) is 9.47 Å². The second-order valence-electron chi connectivity index (χ2n) is 6.40. The van der Waals surface area contributed by atoms with Crippen molar-refractivity contribution in [1.29, 1.82) is 0 Å². The number of carbonyl (C=O) groups is 1. The summed E-state index contributed by atoms with van der Waals surface area (Å²) in [5, 5.41) is 6.55. The number of hydrogen-bond donors (Lipinski definition) is 2. The number of benzene rings is 1. The lowest BCUT2D eigenvalue weighted by Gasteiger charge is -2.14. The molecule has 0 radical (unpaired) electrons. The molecule has 0 saturated carbocycles. The van der Waals surface area contributed by atoms with E-state index in [9.17, 15) is 4.79 Å². The maximum atomic E-state index is 11.6. The van der Waals surface area contributed by atoms with Gasteiger partial charge in [-0.15, -0.1) is 0 Å². The first-order valence-electron chi connectivity index (χ1n) is 9.51. The number of ether oxygens (including phenoxy) is 2. The van der Waals surface area contributed by atoms with Gasteiger partial charge in [-0.1, -0.05) is 25.5 Å². The fourth-order valence-electron chi connectivity index (χ4n) is 2.16. The number of guanidine groups is 1. The number of rotatable bonds is 12. The Bertz CT molecular complexity index is 576. The zero-order chi connectivity index (χ0) is 19.9. The molecule has 7 nitrogen and oxygen atoms in total. The monoisotopic (exact) mass is 378 g/mol. The van der Waals surface area contributed by atoms with Gasteiger partial charge in [0, 0.05) is 47.4 Å². The maximum absolute atomic E-state index is 11.6. The van der Waals surface area contributed by atoms with Crippen molar-refractivity contribution in [3.05, 3.63) is 29.8 Å². The molecule has 1 aromatic rings. The van der Waals surface area contributed by atoms with Gasteiger partial charge in [0.15, 0.2) is 12.6 Å². The number of amides is 1. The number of nitrogens with one attached hydrogen (secondary N) is 2. The molecule has 0 fully saturated rings. The first kappa shape index (κ1) is 22.8. The lowest BCUT2D eigenvalue weighted by Crippen LogP contribution is -2.37. The Hall–Kier alpha value is -2.28. The number of nitrogens with zero attached hydrogens (tertiary/aromatic N) is 2. The molecule has 27 heavy (non-hydrogen) atoms. The SMILES string of the molecule is CCCCOCCCNC(=NC)NCc1cccc(OCC(=O)N(C)C)c1. The van der Waals surface area contributed by atoms with E-state index in [2.05, 4.69) is 22.5 Å². The Morgan fingerprint density at radius 2 is 1.96 bits per heavy atom. The maximum Gasteiger partial charge on any atom is 0.259 e. The van der Waals surface area contributed by atoms with Crippen molar-refractivity contribution < 1.29 is 14.3 Å². The summed E-state index contributed by atoms with van der Waals surface area (Å²) in [6.07, 6.45) is 3.21. The standard InChI is InChI=1S/C20H34N4O3/c1-5-6-12-26-13-8-11-22-20(21-2)23-15-17-9-7-10-18(14-17)27-16-19(25)24(3)4/h7,9-10,14H,5-6,8,11-13,15-16H2,1-4H3,(H2,21,22,23). The van der Waals surface area contributed by atoms with Gasteiger partial charge in [0.05, 0.1) is 0 Å². The highest BCUT2D eigenvalue weighted by Crippen LogP contribution is 2.13. The fraction of sp³-hybridized carbons (Fsp3) is 0.600. The number of aliphatic imine (C=N–C) groups is 1. The third-order valence-corrected chi connectivity index (χ3v) is 3.84. The highest BCUT2D eigenvalue weighted by molar-refractivity contribution is 5.79.